The number of hydrazine groups is 1. The largest absolute Gasteiger partial charge is 0.361 e. The van der Waals surface area contributed by atoms with Crippen molar-refractivity contribution in [2.45, 2.75) is 24.2 Å². The van der Waals surface area contributed by atoms with Crippen molar-refractivity contribution in [1.82, 2.24) is 25.0 Å². The molecule has 0 saturated carbocycles. The number of nitrogens with one attached hydrogen (secondary N) is 3. The van der Waals surface area contributed by atoms with E-state index in [1.54, 1.807) is 41.4 Å². The molecule has 0 atom stereocenters. The number of piperazine rings is 1. The van der Waals surface area contributed by atoms with Crippen LogP contribution in [0.25, 0.3) is 10.9 Å². The molecule has 1 aliphatic heterocycles. The van der Waals surface area contributed by atoms with Gasteiger partial charge in [-0.15, -0.1) is 0 Å². The molecule has 2 heterocycles. The van der Waals surface area contributed by atoms with Gasteiger partial charge in [-0.3, -0.25) is 25.2 Å². The zero-order chi connectivity index (χ0) is 24.8. The third-order valence-corrected chi connectivity index (χ3v) is 7.82. The van der Waals surface area contributed by atoms with Crippen molar-refractivity contribution in [3.05, 3.63) is 66.4 Å². The van der Waals surface area contributed by atoms with E-state index in [0.717, 1.165) is 16.5 Å². The Balaban J connectivity index is 1.18. The molecule has 2 aromatic carbocycles. The topological polar surface area (TPSA) is 132 Å². The molecule has 0 radical (unpaired) electrons. The van der Waals surface area contributed by atoms with Gasteiger partial charge < -0.3 is 9.88 Å². The molecular weight excluding hydrogens is 470 g/mol. The summed E-state index contributed by atoms with van der Waals surface area (Å²) < 4.78 is 26.8. The van der Waals surface area contributed by atoms with Gasteiger partial charge in [-0.2, -0.15) is 4.31 Å². The van der Waals surface area contributed by atoms with Crippen molar-refractivity contribution >= 4 is 38.6 Å². The normalized spacial score (nSPS) is 14.6. The minimum atomic E-state index is -3.59. The first kappa shape index (κ1) is 24.4. The number of aromatic amines is 1. The number of hydrogen-bond acceptors (Lipinski definition) is 5. The second-order valence-electron chi connectivity index (χ2n) is 8.23. The smallest absolute Gasteiger partial charge is 0.243 e. The molecule has 0 aliphatic carbocycles. The molecular formula is C24H27N5O5S. The van der Waals surface area contributed by atoms with Crippen LogP contribution in [-0.2, 0) is 30.8 Å². The van der Waals surface area contributed by atoms with E-state index in [4.69, 9.17) is 0 Å². The lowest BCUT2D eigenvalue weighted by Crippen LogP contribution is -2.50. The van der Waals surface area contributed by atoms with Gasteiger partial charge in [0.05, 0.1) is 11.3 Å². The van der Waals surface area contributed by atoms with Gasteiger partial charge in [0.25, 0.3) is 0 Å². The Kier molecular flexibility index (Phi) is 7.47. The highest BCUT2D eigenvalue weighted by molar-refractivity contribution is 7.89. The fourth-order valence-electron chi connectivity index (χ4n) is 3.99. The SMILES string of the molecule is O=C(CCC(=O)N1CCN(S(=O)(=O)c2ccccc2)CC1)NNC(=O)Cc1c[nH]c2ccccc12. The third-order valence-electron chi connectivity index (χ3n) is 5.91. The van der Waals surface area contributed by atoms with Gasteiger partial charge >= 0.3 is 0 Å². The summed E-state index contributed by atoms with van der Waals surface area (Å²) in [5.41, 5.74) is 6.46. The number of benzene rings is 2. The van der Waals surface area contributed by atoms with Gasteiger partial charge in [-0.05, 0) is 23.8 Å². The van der Waals surface area contributed by atoms with E-state index in [2.05, 4.69) is 15.8 Å². The lowest BCUT2D eigenvalue weighted by atomic mass is 10.1. The van der Waals surface area contributed by atoms with Crippen molar-refractivity contribution in [3.8, 4) is 0 Å². The number of para-hydroxylation sites is 1. The molecule has 3 amide bonds. The maximum atomic E-state index is 12.7. The quantitative estimate of drug-likeness (QED) is 0.422. The maximum Gasteiger partial charge on any atom is 0.243 e. The molecule has 184 valence electrons. The van der Waals surface area contributed by atoms with E-state index in [1.807, 2.05) is 24.3 Å². The minimum absolute atomic E-state index is 0.0322. The van der Waals surface area contributed by atoms with E-state index in [-0.39, 0.29) is 62.2 Å². The molecule has 3 aromatic rings. The number of carbonyl (C=O) groups is 3. The van der Waals surface area contributed by atoms with Crippen molar-refractivity contribution in [1.29, 1.82) is 0 Å². The lowest BCUT2D eigenvalue weighted by Gasteiger charge is -2.34. The van der Waals surface area contributed by atoms with Crippen LogP contribution in [0.15, 0.2) is 65.7 Å². The first-order valence-corrected chi connectivity index (χ1v) is 12.7. The number of rotatable bonds is 7. The Morgan fingerprint density at radius 3 is 2.23 bits per heavy atom. The first-order valence-electron chi connectivity index (χ1n) is 11.3. The van der Waals surface area contributed by atoms with Crippen LogP contribution in [0.2, 0.25) is 0 Å². The number of hydrogen-bond donors (Lipinski definition) is 3. The number of H-pyrrole nitrogens is 1. The van der Waals surface area contributed by atoms with Crippen LogP contribution in [0.4, 0.5) is 0 Å². The standard InChI is InChI=1S/C24H27N5O5S/c30-22(26-27-23(31)16-18-17-25-21-9-5-4-8-20(18)21)10-11-24(32)28-12-14-29(15-13-28)35(33,34)19-6-2-1-3-7-19/h1-9,17,25H,10-16H2,(H,26,30)(H,27,31). The van der Waals surface area contributed by atoms with Gasteiger partial charge in [-0.1, -0.05) is 36.4 Å². The van der Waals surface area contributed by atoms with E-state index >= 15 is 0 Å². The number of fused-ring (bicyclic) bond motifs is 1. The van der Waals surface area contributed by atoms with E-state index in [9.17, 15) is 22.8 Å². The molecule has 35 heavy (non-hydrogen) atoms. The van der Waals surface area contributed by atoms with Crippen LogP contribution < -0.4 is 10.9 Å². The number of aromatic nitrogens is 1. The van der Waals surface area contributed by atoms with Gasteiger partial charge in [0.15, 0.2) is 0 Å². The highest BCUT2D eigenvalue weighted by atomic mass is 32.2. The Bertz CT molecular complexity index is 1310. The van der Waals surface area contributed by atoms with E-state index in [1.165, 1.54) is 4.31 Å². The number of sulfonamides is 1. The Hall–Kier alpha value is -3.70. The van der Waals surface area contributed by atoms with Crippen molar-refractivity contribution in [3.63, 3.8) is 0 Å². The van der Waals surface area contributed by atoms with Crippen molar-refractivity contribution in [2.75, 3.05) is 26.2 Å². The highest BCUT2D eigenvalue weighted by Gasteiger charge is 2.30. The summed E-state index contributed by atoms with van der Waals surface area (Å²) in [6.45, 7) is 0.903. The molecule has 1 aliphatic rings. The minimum Gasteiger partial charge on any atom is -0.361 e. The molecule has 0 spiro atoms. The Labute approximate surface area is 203 Å². The van der Waals surface area contributed by atoms with Gasteiger partial charge in [0.1, 0.15) is 0 Å². The summed E-state index contributed by atoms with van der Waals surface area (Å²) in [6, 6.07) is 15.8. The summed E-state index contributed by atoms with van der Waals surface area (Å²) in [5.74, 6) is -1.08. The van der Waals surface area contributed by atoms with Crippen LogP contribution >= 0.6 is 0 Å². The summed E-state index contributed by atoms with van der Waals surface area (Å²) in [4.78, 5) is 41.7. The molecule has 1 fully saturated rings. The molecule has 1 aromatic heterocycles. The van der Waals surface area contributed by atoms with E-state index in [0.29, 0.717) is 0 Å². The number of carbonyl (C=O) groups excluding carboxylic acids is 3. The van der Waals surface area contributed by atoms with Crippen LogP contribution in [0, 0.1) is 0 Å². The molecule has 0 bridgehead atoms. The highest BCUT2D eigenvalue weighted by Crippen LogP contribution is 2.19. The second kappa shape index (κ2) is 10.7. The summed E-state index contributed by atoms with van der Waals surface area (Å²) >= 11 is 0. The summed E-state index contributed by atoms with van der Waals surface area (Å²) in [7, 11) is -3.59. The number of amides is 3. The second-order valence-corrected chi connectivity index (χ2v) is 10.2. The van der Waals surface area contributed by atoms with Crippen LogP contribution in [-0.4, -0.2) is 66.5 Å². The molecule has 11 heteroatoms. The van der Waals surface area contributed by atoms with Crippen LogP contribution in [0.1, 0.15) is 18.4 Å². The van der Waals surface area contributed by atoms with Crippen LogP contribution in [0.5, 0.6) is 0 Å². The predicted molar refractivity (Wildman–Crippen MR) is 129 cm³/mol. The van der Waals surface area contributed by atoms with Crippen molar-refractivity contribution in [2.24, 2.45) is 0 Å². The fraction of sp³-hybridized carbons (Fsp3) is 0.292. The zero-order valence-electron chi connectivity index (χ0n) is 19.1. The van der Waals surface area contributed by atoms with Crippen LogP contribution in [0.3, 0.4) is 0 Å². The van der Waals surface area contributed by atoms with Gasteiger partial charge in [-0.25, -0.2) is 8.42 Å². The molecule has 4 rings (SSSR count). The van der Waals surface area contributed by atoms with Gasteiger partial charge in [0.2, 0.25) is 27.7 Å². The van der Waals surface area contributed by atoms with E-state index < -0.39 is 15.9 Å². The Morgan fingerprint density at radius 2 is 1.49 bits per heavy atom. The zero-order valence-corrected chi connectivity index (χ0v) is 19.9. The monoisotopic (exact) mass is 497 g/mol. The summed E-state index contributed by atoms with van der Waals surface area (Å²) in [5, 5.41) is 0.941. The average Bonchev–Trinajstić information content (AvgIpc) is 3.29. The predicted octanol–water partition coefficient (Wildman–Crippen LogP) is 1.17. The maximum absolute atomic E-state index is 12.7. The average molecular weight is 498 g/mol. The fourth-order valence-corrected chi connectivity index (χ4v) is 5.44. The molecule has 3 N–H and O–H groups in total. The molecule has 1 saturated heterocycles. The number of nitrogens with zero attached hydrogens (tertiary/aromatic N) is 2. The third kappa shape index (κ3) is 5.87. The molecule has 0 unspecified atom stereocenters. The Morgan fingerprint density at radius 1 is 0.829 bits per heavy atom. The first-order chi connectivity index (χ1) is 16.8. The van der Waals surface area contributed by atoms with Crippen molar-refractivity contribution < 1.29 is 22.8 Å². The summed E-state index contributed by atoms with van der Waals surface area (Å²) in [6.07, 6.45) is 1.74. The molecule has 10 nitrogen and oxygen atoms in total. The lowest BCUT2D eigenvalue weighted by molar-refractivity contribution is -0.135. The van der Waals surface area contributed by atoms with Gasteiger partial charge in [0, 0.05) is 56.1 Å².